The molecule has 1 atom stereocenters. The van der Waals surface area contributed by atoms with Gasteiger partial charge in [-0.2, -0.15) is 0 Å². The predicted octanol–water partition coefficient (Wildman–Crippen LogP) is -0.889. The fourth-order valence-electron chi connectivity index (χ4n) is 1.10. The number of methoxy groups -OCH3 is 1. The molecule has 3 N–H and O–H groups in total. The van der Waals surface area contributed by atoms with Crippen molar-refractivity contribution in [2.24, 2.45) is 5.92 Å². The average molecular weight is 275 g/mol. The van der Waals surface area contributed by atoms with Gasteiger partial charge in [0.15, 0.2) is 0 Å². The van der Waals surface area contributed by atoms with Crippen LogP contribution in [0.3, 0.4) is 0 Å². The molecule has 110 valence electrons. The first kappa shape index (κ1) is 17.2. The lowest BCUT2D eigenvalue weighted by Gasteiger charge is -2.18. The summed E-state index contributed by atoms with van der Waals surface area (Å²) in [6.45, 7) is 2.18. The third-order valence-corrected chi connectivity index (χ3v) is 2.34. The van der Waals surface area contributed by atoms with Crippen LogP contribution in [0.15, 0.2) is 0 Å². The van der Waals surface area contributed by atoms with E-state index in [4.69, 9.17) is 9.84 Å². The number of carboxylic acids is 1. The number of carbonyl (C=O) groups excluding carboxylic acids is 2. The molecule has 0 aromatic heterocycles. The zero-order valence-corrected chi connectivity index (χ0v) is 11.4. The van der Waals surface area contributed by atoms with Gasteiger partial charge >= 0.3 is 12.0 Å². The van der Waals surface area contributed by atoms with E-state index in [-0.39, 0.29) is 19.0 Å². The molecule has 0 aromatic rings. The number of ether oxygens (including phenoxy) is 1. The number of likely N-dealkylation sites (N-methyl/N-ethyl adjacent to an activating group) is 1. The van der Waals surface area contributed by atoms with Gasteiger partial charge < -0.3 is 25.4 Å². The molecule has 1 unspecified atom stereocenters. The predicted molar refractivity (Wildman–Crippen MR) is 67.7 cm³/mol. The Labute approximate surface area is 112 Å². The Kier molecular flexibility index (Phi) is 8.27. The molecule has 0 aliphatic carbocycles. The lowest BCUT2D eigenvalue weighted by atomic mass is 10.2. The Morgan fingerprint density at radius 1 is 1.32 bits per heavy atom. The maximum Gasteiger partial charge on any atom is 0.317 e. The molecular weight excluding hydrogens is 254 g/mol. The SMILES string of the molecule is COCCNC(=O)CN(C)C(=O)NCC(C)C(=O)O. The minimum absolute atomic E-state index is 0.0177. The molecule has 0 aliphatic rings. The molecule has 0 saturated carbocycles. The first-order valence-corrected chi connectivity index (χ1v) is 5.85. The van der Waals surface area contributed by atoms with Crippen molar-refractivity contribution in [1.29, 1.82) is 0 Å². The largest absolute Gasteiger partial charge is 0.481 e. The van der Waals surface area contributed by atoms with Gasteiger partial charge in [0.1, 0.15) is 6.54 Å². The monoisotopic (exact) mass is 275 g/mol. The lowest BCUT2D eigenvalue weighted by molar-refractivity contribution is -0.140. The lowest BCUT2D eigenvalue weighted by Crippen LogP contribution is -2.45. The van der Waals surface area contributed by atoms with E-state index < -0.39 is 17.9 Å². The van der Waals surface area contributed by atoms with Crippen LogP contribution in [-0.2, 0) is 14.3 Å². The van der Waals surface area contributed by atoms with Crippen molar-refractivity contribution in [3.8, 4) is 0 Å². The van der Waals surface area contributed by atoms with E-state index in [1.165, 1.54) is 26.0 Å². The Morgan fingerprint density at radius 3 is 2.47 bits per heavy atom. The fraction of sp³-hybridized carbons (Fsp3) is 0.727. The minimum Gasteiger partial charge on any atom is -0.481 e. The summed E-state index contributed by atoms with van der Waals surface area (Å²) >= 11 is 0. The second-order valence-corrected chi connectivity index (χ2v) is 4.12. The first-order chi connectivity index (χ1) is 8.88. The van der Waals surface area contributed by atoms with Crippen molar-refractivity contribution < 1.29 is 24.2 Å². The molecular formula is C11H21N3O5. The number of urea groups is 1. The van der Waals surface area contributed by atoms with Crippen LogP contribution in [0.25, 0.3) is 0 Å². The molecule has 0 aliphatic heterocycles. The summed E-state index contributed by atoms with van der Waals surface area (Å²) in [6, 6.07) is -0.491. The highest BCUT2D eigenvalue weighted by atomic mass is 16.5. The van der Waals surface area contributed by atoms with Crippen LogP contribution in [0.4, 0.5) is 4.79 Å². The van der Waals surface area contributed by atoms with Crippen molar-refractivity contribution in [2.45, 2.75) is 6.92 Å². The van der Waals surface area contributed by atoms with E-state index in [0.717, 1.165) is 0 Å². The van der Waals surface area contributed by atoms with Gasteiger partial charge in [-0.3, -0.25) is 9.59 Å². The molecule has 19 heavy (non-hydrogen) atoms. The van der Waals surface area contributed by atoms with Crippen molar-refractivity contribution >= 4 is 17.9 Å². The third kappa shape index (κ3) is 7.98. The van der Waals surface area contributed by atoms with Crippen LogP contribution in [0.5, 0.6) is 0 Å². The number of hydrogen-bond acceptors (Lipinski definition) is 4. The van der Waals surface area contributed by atoms with Crippen LogP contribution in [0, 0.1) is 5.92 Å². The Balaban J connectivity index is 3.93. The van der Waals surface area contributed by atoms with Crippen LogP contribution in [0.2, 0.25) is 0 Å². The number of hydrogen-bond donors (Lipinski definition) is 3. The molecule has 0 bridgehead atoms. The number of aliphatic carboxylic acids is 1. The highest BCUT2D eigenvalue weighted by Crippen LogP contribution is 1.93. The zero-order valence-electron chi connectivity index (χ0n) is 11.4. The highest BCUT2D eigenvalue weighted by Gasteiger charge is 2.15. The maximum atomic E-state index is 11.6. The summed E-state index contributed by atoms with van der Waals surface area (Å²) in [6.07, 6.45) is 0. The van der Waals surface area contributed by atoms with Crippen molar-refractivity contribution in [1.82, 2.24) is 15.5 Å². The first-order valence-electron chi connectivity index (χ1n) is 5.85. The summed E-state index contributed by atoms with van der Waals surface area (Å²) in [4.78, 5) is 34.7. The van der Waals surface area contributed by atoms with Gasteiger partial charge in [0, 0.05) is 27.2 Å². The average Bonchev–Trinajstić information content (AvgIpc) is 2.35. The van der Waals surface area contributed by atoms with Crippen LogP contribution in [0.1, 0.15) is 6.92 Å². The van der Waals surface area contributed by atoms with Crippen molar-refractivity contribution in [2.75, 3.05) is 40.4 Å². The van der Waals surface area contributed by atoms with E-state index in [0.29, 0.717) is 13.2 Å². The van der Waals surface area contributed by atoms with Crippen molar-refractivity contribution in [3.05, 3.63) is 0 Å². The molecule has 8 heteroatoms. The van der Waals surface area contributed by atoms with Gasteiger partial charge in [0.05, 0.1) is 12.5 Å². The molecule has 8 nitrogen and oxygen atoms in total. The summed E-state index contributed by atoms with van der Waals surface area (Å²) in [5.41, 5.74) is 0. The minimum atomic E-state index is -0.986. The molecule has 0 radical (unpaired) electrons. The zero-order chi connectivity index (χ0) is 14.8. The Bertz CT molecular complexity index is 321. The smallest absolute Gasteiger partial charge is 0.317 e. The van der Waals surface area contributed by atoms with Gasteiger partial charge in [0.25, 0.3) is 0 Å². The molecule has 3 amide bonds. The second-order valence-electron chi connectivity index (χ2n) is 4.12. The van der Waals surface area contributed by atoms with Crippen molar-refractivity contribution in [3.63, 3.8) is 0 Å². The van der Waals surface area contributed by atoms with Crippen LogP contribution >= 0.6 is 0 Å². The second kappa shape index (κ2) is 9.15. The third-order valence-electron chi connectivity index (χ3n) is 2.34. The summed E-state index contributed by atoms with van der Waals surface area (Å²) < 4.78 is 4.77. The summed E-state index contributed by atoms with van der Waals surface area (Å²) in [7, 11) is 2.98. The number of nitrogens with one attached hydrogen (secondary N) is 2. The Morgan fingerprint density at radius 2 is 1.95 bits per heavy atom. The molecule has 0 aromatic carbocycles. The quantitative estimate of drug-likeness (QED) is 0.498. The summed E-state index contributed by atoms with van der Waals surface area (Å²) in [5.74, 6) is -1.96. The number of carbonyl (C=O) groups is 3. The van der Waals surface area contributed by atoms with E-state index in [1.807, 2.05) is 0 Å². The van der Waals surface area contributed by atoms with Gasteiger partial charge in [-0.05, 0) is 0 Å². The number of nitrogens with zero attached hydrogens (tertiary/aromatic N) is 1. The Hall–Kier alpha value is -1.83. The van der Waals surface area contributed by atoms with Gasteiger partial charge in [-0.15, -0.1) is 0 Å². The van der Waals surface area contributed by atoms with E-state index >= 15 is 0 Å². The standard InChI is InChI=1S/C11H21N3O5/c1-8(10(16)17)6-13-11(18)14(2)7-9(15)12-4-5-19-3/h8H,4-7H2,1-3H3,(H,12,15)(H,13,18)(H,16,17). The molecule has 0 fully saturated rings. The molecule has 0 rings (SSSR count). The van der Waals surface area contributed by atoms with Gasteiger partial charge in [0.2, 0.25) is 5.91 Å². The molecule has 0 saturated heterocycles. The van der Waals surface area contributed by atoms with Crippen LogP contribution < -0.4 is 10.6 Å². The van der Waals surface area contributed by atoms with E-state index in [9.17, 15) is 14.4 Å². The number of carboxylic acid groups (broad SMARTS) is 1. The normalized spacial score (nSPS) is 11.5. The van der Waals surface area contributed by atoms with E-state index in [1.54, 1.807) is 0 Å². The van der Waals surface area contributed by atoms with Gasteiger partial charge in [-0.1, -0.05) is 6.92 Å². The van der Waals surface area contributed by atoms with E-state index in [2.05, 4.69) is 10.6 Å². The summed E-state index contributed by atoms with van der Waals surface area (Å²) in [5, 5.41) is 13.7. The molecule has 0 heterocycles. The van der Waals surface area contributed by atoms with Gasteiger partial charge in [-0.25, -0.2) is 4.79 Å². The number of rotatable bonds is 8. The fourth-order valence-corrected chi connectivity index (χ4v) is 1.10. The molecule has 0 spiro atoms. The topological polar surface area (TPSA) is 108 Å². The highest BCUT2D eigenvalue weighted by molar-refractivity contribution is 5.84. The number of amides is 3. The van der Waals surface area contributed by atoms with Crippen LogP contribution in [-0.4, -0.2) is 68.3 Å². The maximum absolute atomic E-state index is 11.6.